The summed E-state index contributed by atoms with van der Waals surface area (Å²) < 4.78 is 2.13. The summed E-state index contributed by atoms with van der Waals surface area (Å²) >= 11 is 0. The molecule has 0 aliphatic rings. The van der Waals surface area contributed by atoms with E-state index in [9.17, 15) is 0 Å². The van der Waals surface area contributed by atoms with Gasteiger partial charge in [0.2, 0.25) is 0 Å². The van der Waals surface area contributed by atoms with Crippen LogP contribution in [-0.2, 0) is 6.54 Å². The van der Waals surface area contributed by atoms with Crippen LogP contribution in [0.4, 0.5) is 5.82 Å². The molecule has 0 saturated heterocycles. The molecule has 0 amide bonds. The zero-order chi connectivity index (χ0) is 11.7. The highest BCUT2D eigenvalue weighted by molar-refractivity contribution is 5.89. The molecule has 0 bridgehead atoms. The minimum Gasteiger partial charge on any atom is -0.383 e. The predicted octanol–water partition coefficient (Wildman–Crippen LogP) is 0.884. The Hall–Kier alpha value is -1.62. The molecular weight excluding hydrogens is 202 g/mol. The molecule has 2 aromatic rings. The molecule has 0 spiro atoms. The Bertz CT molecular complexity index is 500. The van der Waals surface area contributed by atoms with E-state index in [0.29, 0.717) is 5.82 Å². The Morgan fingerprint density at radius 3 is 2.81 bits per heavy atom. The van der Waals surface area contributed by atoms with Gasteiger partial charge in [0.05, 0.1) is 5.39 Å². The molecular formula is C11H17N5. The summed E-state index contributed by atoms with van der Waals surface area (Å²) in [4.78, 5) is 10.5. The van der Waals surface area contributed by atoms with Gasteiger partial charge in [-0.05, 0) is 26.6 Å². The van der Waals surface area contributed by atoms with E-state index in [4.69, 9.17) is 5.73 Å². The van der Waals surface area contributed by atoms with Crippen LogP contribution in [0.15, 0.2) is 12.5 Å². The number of nitrogen functional groups attached to an aromatic ring is 1. The minimum absolute atomic E-state index is 0.561. The number of nitrogens with two attached hydrogens (primary N) is 1. The summed E-state index contributed by atoms with van der Waals surface area (Å²) in [7, 11) is 4.11. The molecule has 0 aliphatic carbocycles. The van der Waals surface area contributed by atoms with Crippen LogP contribution in [-0.4, -0.2) is 40.1 Å². The Morgan fingerprint density at radius 1 is 1.38 bits per heavy atom. The Labute approximate surface area is 94.9 Å². The summed E-state index contributed by atoms with van der Waals surface area (Å²) in [5.41, 5.74) is 7.91. The van der Waals surface area contributed by atoms with Crippen molar-refractivity contribution < 1.29 is 0 Å². The lowest BCUT2D eigenvalue weighted by Crippen LogP contribution is -2.18. The first-order valence-corrected chi connectivity index (χ1v) is 5.30. The molecule has 0 aliphatic heterocycles. The number of rotatable bonds is 3. The molecule has 5 nitrogen and oxygen atoms in total. The van der Waals surface area contributed by atoms with Gasteiger partial charge in [-0.1, -0.05) is 0 Å². The molecule has 2 N–H and O–H groups in total. The fraction of sp³-hybridized carbons (Fsp3) is 0.455. The SMILES string of the molecule is Cc1cn(CCN(C)C)c2ncnc(N)c12. The summed E-state index contributed by atoms with van der Waals surface area (Å²) in [5, 5.41) is 0.973. The highest BCUT2D eigenvalue weighted by Crippen LogP contribution is 2.22. The first-order valence-electron chi connectivity index (χ1n) is 5.30. The van der Waals surface area contributed by atoms with E-state index in [-0.39, 0.29) is 0 Å². The van der Waals surface area contributed by atoms with Crippen LogP contribution in [0.2, 0.25) is 0 Å². The lowest BCUT2D eigenvalue weighted by molar-refractivity contribution is 0.386. The minimum atomic E-state index is 0.561. The number of hydrogen-bond acceptors (Lipinski definition) is 4. The Morgan fingerprint density at radius 2 is 2.12 bits per heavy atom. The van der Waals surface area contributed by atoms with E-state index < -0.39 is 0 Å². The third-order valence-electron chi connectivity index (χ3n) is 2.66. The van der Waals surface area contributed by atoms with E-state index in [0.717, 1.165) is 29.7 Å². The van der Waals surface area contributed by atoms with Crippen LogP contribution in [0.1, 0.15) is 5.56 Å². The summed E-state index contributed by atoms with van der Waals surface area (Å²) in [6.45, 7) is 3.93. The fourth-order valence-electron chi connectivity index (χ4n) is 1.82. The zero-order valence-electron chi connectivity index (χ0n) is 9.94. The lowest BCUT2D eigenvalue weighted by atomic mass is 10.2. The highest BCUT2D eigenvalue weighted by Gasteiger charge is 2.09. The zero-order valence-corrected chi connectivity index (χ0v) is 9.94. The van der Waals surface area contributed by atoms with Gasteiger partial charge < -0.3 is 15.2 Å². The van der Waals surface area contributed by atoms with Crippen LogP contribution >= 0.6 is 0 Å². The fourth-order valence-corrected chi connectivity index (χ4v) is 1.82. The van der Waals surface area contributed by atoms with Crippen molar-refractivity contribution in [3.05, 3.63) is 18.1 Å². The molecule has 0 atom stereocenters. The van der Waals surface area contributed by atoms with Crippen molar-refractivity contribution in [3.8, 4) is 0 Å². The normalized spacial score (nSPS) is 11.5. The quantitative estimate of drug-likeness (QED) is 0.832. The average molecular weight is 219 g/mol. The average Bonchev–Trinajstić information content (AvgIpc) is 2.54. The second-order valence-corrected chi connectivity index (χ2v) is 4.27. The van der Waals surface area contributed by atoms with Crippen molar-refractivity contribution in [3.63, 3.8) is 0 Å². The molecule has 0 aromatic carbocycles. The smallest absolute Gasteiger partial charge is 0.145 e. The van der Waals surface area contributed by atoms with E-state index in [1.165, 1.54) is 6.33 Å². The van der Waals surface area contributed by atoms with E-state index in [1.807, 2.05) is 6.92 Å². The van der Waals surface area contributed by atoms with Crippen LogP contribution in [0, 0.1) is 6.92 Å². The maximum Gasteiger partial charge on any atom is 0.145 e. The van der Waals surface area contributed by atoms with E-state index in [1.54, 1.807) is 0 Å². The van der Waals surface area contributed by atoms with Gasteiger partial charge in [0, 0.05) is 19.3 Å². The van der Waals surface area contributed by atoms with Crippen molar-refractivity contribution in [1.82, 2.24) is 19.4 Å². The number of likely N-dealkylation sites (N-methyl/N-ethyl adjacent to an activating group) is 1. The van der Waals surface area contributed by atoms with Crippen LogP contribution < -0.4 is 5.73 Å². The van der Waals surface area contributed by atoms with Gasteiger partial charge in [0.25, 0.3) is 0 Å². The van der Waals surface area contributed by atoms with Crippen LogP contribution in [0.3, 0.4) is 0 Å². The predicted molar refractivity (Wildman–Crippen MR) is 65.2 cm³/mol. The summed E-state index contributed by atoms with van der Waals surface area (Å²) in [6.07, 6.45) is 3.60. The van der Waals surface area contributed by atoms with Crippen molar-refractivity contribution in [2.75, 3.05) is 26.4 Å². The number of nitrogens with zero attached hydrogens (tertiary/aromatic N) is 4. The maximum atomic E-state index is 5.85. The van der Waals surface area contributed by atoms with Gasteiger partial charge in [-0.2, -0.15) is 0 Å². The van der Waals surface area contributed by atoms with Gasteiger partial charge in [-0.3, -0.25) is 0 Å². The topological polar surface area (TPSA) is 60.0 Å². The summed E-state index contributed by atoms with van der Waals surface area (Å²) in [5.74, 6) is 0.561. The largest absolute Gasteiger partial charge is 0.383 e. The molecule has 16 heavy (non-hydrogen) atoms. The summed E-state index contributed by atoms with van der Waals surface area (Å²) in [6, 6.07) is 0. The lowest BCUT2D eigenvalue weighted by Gasteiger charge is -2.10. The molecule has 0 radical (unpaired) electrons. The van der Waals surface area contributed by atoms with Crippen molar-refractivity contribution in [2.45, 2.75) is 13.5 Å². The maximum absolute atomic E-state index is 5.85. The van der Waals surface area contributed by atoms with Crippen molar-refractivity contribution in [1.29, 1.82) is 0 Å². The van der Waals surface area contributed by atoms with E-state index >= 15 is 0 Å². The highest BCUT2D eigenvalue weighted by atomic mass is 15.1. The van der Waals surface area contributed by atoms with Gasteiger partial charge in [-0.25, -0.2) is 9.97 Å². The van der Waals surface area contributed by atoms with Gasteiger partial charge in [0.1, 0.15) is 17.8 Å². The van der Waals surface area contributed by atoms with Gasteiger partial charge in [0.15, 0.2) is 0 Å². The molecule has 2 heterocycles. The second kappa shape index (κ2) is 4.09. The monoisotopic (exact) mass is 219 g/mol. The van der Waals surface area contributed by atoms with Gasteiger partial charge >= 0.3 is 0 Å². The standard InChI is InChI=1S/C11H17N5/c1-8-6-16(5-4-15(2)3)11-9(8)10(12)13-7-14-11/h6-7H,4-5H2,1-3H3,(H2,12,13,14). The van der Waals surface area contributed by atoms with Gasteiger partial charge in [-0.15, -0.1) is 0 Å². The molecule has 5 heteroatoms. The van der Waals surface area contributed by atoms with E-state index in [2.05, 4.69) is 39.7 Å². The first kappa shape index (κ1) is 10.9. The molecule has 0 unspecified atom stereocenters. The van der Waals surface area contributed by atoms with Crippen LogP contribution in [0.5, 0.6) is 0 Å². The number of anilines is 1. The first-order chi connectivity index (χ1) is 7.59. The molecule has 2 rings (SSSR count). The number of fused-ring (bicyclic) bond motifs is 1. The molecule has 0 fully saturated rings. The Balaban J connectivity index is 2.43. The number of aromatic nitrogens is 3. The van der Waals surface area contributed by atoms with Crippen molar-refractivity contribution >= 4 is 16.9 Å². The molecule has 86 valence electrons. The molecule has 0 saturated carbocycles. The van der Waals surface area contributed by atoms with Crippen LogP contribution in [0.25, 0.3) is 11.0 Å². The number of aryl methyl sites for hydroxylation is 1. The molecule has 2 aromatic heterocycles. The number of hydrogen-bond donors (Lipinski definition) is 1. The second-order valence-electron chi connectivity index (χ2n) is 4.27. The van der Waals surface area contributed by atoms with Crippen molar-refractivity contribution in [2.24, 2.45) is 0 Å². The Kier molecular flexibility index (Phi) is 2.78. The third-order valence-corrected chi connectivity index (χ3v) is 2.66. The third kappa shape index (κ3) is 1.86.